The summed E-state index contributed by atoms with van der Waals surface area (Å²) >= 11 is 15.0. The van der Waals surface area contributed by atoms with Gasteiger partial charge in [-0.2, -0.15) is 4.98 Å². The van der Waals surface area contributed by atoms with Gasteiger partial charge in [0.2, 0.25) is 4.96 Å². The monoisotopic (exact) mass is 422 g/mol. The molecule has 1 N–H and O–H groups in total. The molecule has 0 fully saturated rings. The molecule has 3 aromatic heterocycles. The van der Waals surface area contributed by atoms with Crippen molar-refractivity contribution in [1.82, 2.24) is 19.9 Å². The summed E-state index contributed by atoms with van der Waals surface area (Å²) in [6.45, 7) is 0.485. The van der Waals surface area contributed by atoms with Crippen LogP contribution in [-0.2, 0) is 6.42 Å². The zero-order valence-corrected chi connectivity index (χ0v) is 16.4. The SMILES string of the molecule is O=C(NCCc1csc2nc(-c3cccs3)nn12)c1ccc(Cl)c(Cl)c1. The van der Waals surface area contributed by atoms with Crippen LogP contribution in [0.25, 0.3) is 15.7 Å². The van der Waals surface area contributed by atoms with Crippen molar-refractivity contribution in [1.29, 1.82) is 0 Å². The van der Waals surface area contributed by atoms with E-state index in [0.29, 0.717) is 28.6 Å². The van der Waals surface area contributed by atoms with Gasteiger partial charge in [0.15, 0.2) is 5.82 Å². The Kier molecular flexibility index (Phi) is 4.95. The predicted octanol–water partition coefficient (Wildman–Crippen LogP) is 4.80. The second kappa shape index (κ2) is 7.36. The molecule has 3 heterocycles. The fourth-order valence-corrected chi connectivity index (χ4v) is 4.26. The summed E-state index contributed by atoms with van der Waals surface area (Å²) in [5.74, 6) is 0.542. The van der Waals surface area contributed by atoms with Crippen LogP contribution in [0.1, 0.15) is 16.1 Å². The zero-order chi connectivity index (χ0) is 18.1. The number of rotatable bonds is 5. The van der Waals surface area contributed by atoms with Crippen LogP contribution in [0, 0.1) is 0 Å². The number of aromatic nitrogens is 3. The van der Waals surface area contributed by atoms with E-state index in [2.05, 4.69) is 15.4 Å². The Hall–Kier alpha value is -1.93. The van der Waals surface area contributed by atoms with E-state index in [1.807, 2.05) is 27.4 Å². The average Bonchev–Trinajstić information content (AvgIpc) is 3.34. The number of amides is 1. The number of thiophene rings is 1. The third kappa shape index (κ3) is 3.48. The zero-order valence-electron chi connectivity index (χ0n) is 13.3. The molecule has 0 saturated carbocycles. The van der Waals surface area contributed by atoms with Crippen molar-refractivity contribution in [2.75, 3.05) is 6.54 Å². The number of benzene rings is 1. The highest BCUT2D eigenvalue weighted by atomic mass is 35.5. The summed E-state index contributed by atoms with van der Waals surface area (Å²) in [4.78, 5) is 18.7. The fraction of sp³-hybridized carbons (Fsp3) is 0.118. The first kappa shape index (κ1) is 17.5. The van der Waals surface area contributed by atoms with Crippen LogP contribution in [0.5, 0.6) is 0 Å². The maximum Gasteiger partial charge on any atom is 0.251 e. The Balaban J connectivity index is 1.43. The molecule has 0 aliphatic carbocycles. The van der Waals surface area contributed by atoms with Crippen LogP contribution in [0.4, 0.5) is 0 Å². The lowest BCUT2D eigenvalue weighted by atomic mass is 10.2. The van der Waals surface area contributed by atoms with Crippen molar-refractivity contribution < 1.29 is 4.79 Å². The Bertz CT molecular complexity index is 1070. The Labute approximate surface area is 167 Å². The largest absolute Gasteiger partial charge is 0.352 e. The van der Waals surface area contributed by atoms with Crippen LogP contribution in [0.15, 0.2) is 41.1 Å². The minimum Gasteiger partial charge on any atom is -0.352 e. The Morgan fingerprint density at radius 1 is 1.19 bits per heavy atom. The summed E-state index contributed by atoms with van der Waals surface area (Å²) in [5.41, 5.74) is 1.49. The molecule has 132 valence electrons. The molecule has 0 radical (unpaired) electrons. The summed E-state index contributed by atoms with van der Waals surface area (Å²) < 4.78 is 1.84. The number of hydrogen-bond acceptors (Lipinski definition) is 5. The average molecular weight is 423 g/mol. The molecule has 0 aliphatic rings. The lowest BCUT2D eigenvalue weighted by Gasteiger charge is -2.05. The Morgan fingerprint density at radius 2 is 2.08 bits per heavy atom. The molecule has 4 rings (SSSR count). The third-order valence-corrected chi connectivity index (χ3v) is 6.21. The summed E-state index contributed by atoms with van der Waals surface area (Å²) in [7, 11) is 0. The molecular formula is C17H12Cl2N4OS2. The third-order valence-electron chi connectivity index (χ3n) is 3.74. The minimum absolute atomic E-state index is 0.187. The van der Waals surface area contributed by atoms with E-state index < -0.39 is 0 Å². The normalized spacial score (nSPS) is 11.2. The molecular weight excluding hydrogens is 411 g/mol. The molecule has 1 aromatic carbocycles. The summed E-state index contributed by atoms with van der Waals surface area (Å²) in [6.07, 6.45) is 0.653. The topological polar surface area (TPSA) is 59.3 Å². The van der Waals surface area contributed by atoms with Gasteiger partial charge in [0.25, 0.3) is 5.91 Å². The van der Waals surface area contributed by atoms with Crippen molar-refractivity contribution in [2.45, 2.75) is 6.42 Å². The van der Waals surface area contributed by atoms with E-state index in [1.165, 1.54) is 11.3 Å². The molecule has 1 amide bonds. The highest BCUT2D eigenvalue weighted by Crippen LogP contribution is 2.25. The quantitative estimate of drug-likeness (QED) is 0.502. The van der Waals surface area contributed by atoms with Gasteiger partial charge in [-0.15, -0.1) is 27.8 Å². The van der Waals surface area contributed by atoms with Gasteiger partial charge < -0.3 is 5.32 Å². The van der Waals surface area contributed by atoms with Crippen molar-refractivity contribution in [3.63, 3.8) is 0 Å². The number of carbonyl (C=O) groups is 1. The number of nitrogens with one attached hydrogen (secondary N) is 1. The second-order valence-corrected chi connectivity index (χ2v) is 8.07. The maximum absolute atomic E-state index is 12.2. The highest BCUT2D eigenvalue weighted by Gasteiger charge is 2.13. The van der Waals surface area contributed by atoms with Crippen molar-refractivity contribution in [2.24, 2.45) is 0 Å². The first-order chi connectivity index (χ1) is 12.6. The van der Waals surface area contributed by atoms with Gasteiger partial charge >= 0.3 is 0 Å². The van der Waals surface area contributed by atoms with Crippen LogP contribution < -0.4 is 5.32 Å². The predicted molar refractivity (Wildman–Crippen MR) is 107 cm³/mol. The molecule has 9 heteroatoms. The maximum atomic E-state index is 12.2. The molecule has 0 aliphatic heterocycles. The van der Waals surface area contributed by atoms with Crippen molar-refractivity contribution in [3.05, 3.63) is 62.4 Å². The molecule has 0 saturated heterocycles. The molecule has 5 nitrogen and oxygen atoms in total. The summed E-state index contributed by atoms with van der Waals surface area (Å²) in [6, 6.07) is 8.81. The number of nitrogens with zero attached hydrogens (tertiary/aromatic N) is 3. The number of thiazole rings is 1. The van der Waals surface area contributed by atoms with E-state index >= 15 is 0 Å². The number of hydrogen-bond donors (Lipinski definition) is 1. The number of carbonyl (C=O) groups excluding carboxylic acids is 1. The van der Waals surface area contributed by atoms with Gasteiger partial charge in [-0.1, -0.05) is 29.3 Å². The van der Waals surface area contributed by atoms with Crippen molar-refractivity contribution >= 4 is 56.7 Å². The summed E-state index contributed by atoms with van der Waals surface area (Å²) in [5, 5.41) is 12.3. The van der Waals surface area contributed by atoms with E-state index in [9.17, 15) is 4.79 Å². The van der Waals surface area contributed by atoms with E-state index in [-0.39, 0.29) is 5.91 Å². The smallest absolute Gasteiger partial charge is 0.251 e. The van der Waals surface area contributed by atoms with E-state index in [0.717, 1.165) is 21.4 Å². The van der Waals surface area contributed by atoms with Gasteiger partial charge in [-0.25, -0.2) is 4.52 Å². The number of halogens is 2. The van der Waals surface area contributed by atoms with Crippen LogP contribution in [0.3, 0.4) is 0 Å². The molecule has 0 spiro atoms. The van der Waals surface area contributed by atoms with Gasteiger partial charge in [-0.3, -0.25) is 4.79 Å². The van der Waals surface area contributed by atoms with Crippen LogP contribution in [-0.4, -0.2) is 27.0 Å². The minimum atomic E-state index is -0.187. The first-order valence-electron chi connectivity index (χ1n) is 7.72. The molecule has 4 aromatic rings. The van der Waals surface area contributed by atoms with Gasteiger partial charge in [0.05, 0.1) is 20.6 Å². The lowest BCUT2D eigenvalue weighted by molar-refractivity contribution is 0.0954. The van der Waals surface area contributed by atoms with E-state index in [4.69, 9.17) is 23.2 Å². The highest BCUT2D eigenvalue weighted by molar-refractivity contribution is 7.15. The molecule has 0 unspecified atom stereocenters. The van der Waals surface area contributed by atoms with Crippen molar-refractivity contribution in [3.8, 4) is 10.7 Å². The van der Waals surface area contributed by atoms with Gasteiger partial charge in [0, 0.05) is 23.9 Å². The lowest BCUT2D eigenvalue weighted by Crippen LogP contribution is -2.26. The fourth-order valence-electron chi connectivity index (χ4n) is 2.45. The van der Waals surface area contributed by atoms with Crippen LogP contribution in [0.2, 0.25) is 10.0 Å². The van der Waals surface area contributed by atoms with Crippen LogP contribution >= 0.6 is 45.9 Å². The Morgan fingerprint density at radius 3 is 2.85 bits per heavy atom. The second-order valence-electron chi connectivity index (χ2n) is 5.47. The van der Waals surface area contributed by atoms with E-state index in [1.54, 1.807) is 29.5 Å². The van der Waals surface area contributed by atoms with Gasteiger partial charge in [0.1, 0.15) is 0 Å². The number of fused-ring (bicyclic) bond motifs is 1. The molecule has 26 heavy (non-hydrogen) atoms. The standard InChI is InChI=1S/C17H12Cl2N4OS2/c18-12-4-3-10(8-13(12)19)16(24)20-6-5-11-9-26-17-21-15(22-23(11)17)14-2-1-7-25-14/h1-4,7-9H,5-6H2,(H,20,24). The first-order valence-corrected chi connectivity index (χ1v) is 10.2. The molecule has 0 atom stereocenters. The molecule has 0 bridgehead atoms. The van der Waals surface area contributed by atoms with Gasteiger partial charge in [-0.05, 0) is 29.6 Å².